The van der Waals surface area contributed by atoms with Crippen LogP contribution >= 0.6 is 11.6 Å². The highest BCUT2D eigenvalue weighted by Crippen LogP contribution is 2.38. The molecular formula is C22H15ClN4O4. The Morgan fingerprint density at radius 3 is 2.55 bits per heavy atom. The Hall–Kier alpha value is -4.04. The van der Waals surface area contributed by atoms with Gasteiger partial charge in [-0.3, -0.25) is 24.9 Å². The fraction of sp³-hybridized carbons (Fsp3) is 0.0455. The highest BCUT2D eigenvalue weighted by molar-refractivity contribution is 6.35. The zero-order valence-corrected chi connectivity index (χ0v) is 16.7. The van der Waals surface area contributed by atoms with Crippen LogP contribution in [0.4, 0.5) is 5.69 Å². The molecular weight excluding hydrogens is 420 g/mol. The lowest BCUT2D eigenvalue weighted by Gasteiger charge is -2.22. The zero-order chi connectivity index (χ0) is 22.0. The van der Waals surface area contributed by atoms with Crippen LogP contribution in [0.3, 0.4) is 0 Å². The Kier molecular flexibility index (Phi) is 5.46. The number of nitro groups is 1. The van der Waals surface area contributed by atoms with Crippen molar-refractivity contribution in [1.29, 1.82) is 0 Å². The smallest absolute Gasteiger partial charge is 0.269 e. The van der Waals surface area contributed by atoms with Crippen LogP contribution in [0.1, 0.15) is 27.5 Å². The molecule has 0 saturated carbocycles. The summed E-state index contributed by atoms with van der Waals surface area (Å²) < 4.78 is 0. The molecule has 31 heavy (non-hydrogen) atoms. The van der Waals surface area contributed by atoms with Gasteiger partial charge in [-0.1, -0.05) is 11.6 Å². The van der Waals surface area contributed by atoms with Crippen molar-refractivity contribution in [2.75, 3.05) is 0 Å². The molecule has 8 nitrogen and oxygen atoms in total. The molecule has 1 atom stereocenters. The fourth-order valence-corrected chi connectivity index (χ4v) is 3.54. The van der Waals surface area contributed by atoms with Crippen molar-refractivity contribution in [2.45, 2.75) is 6.04 Å². The van der Waals surface area contributed by atoms with Gasteiger partial charge in [-0.25, -0.2) is 0 Å². The maximum absolute atomic E-state index is 12.8. The number of hydrogen-bond donors (Lipinski definition) is 2. The van der Waals surface area contributed by atoms with E-state index >= 15 is 0 Å². The normalized spacial score (nSPS) is 11.8. The molecule has 2 aromatic heterocycles. The number of aromatic nitrogens is 2. The molecule has 0 aliphatic carbocycles. The van der Waals surface area contributed by atoms with Gasteiger partial charge in [-0.2, -0.15) is 0 Å². The number of nitro benzene ring substituents is 1. The number of nitrogens with zero attached hydrogens (tertiary/aromatic N) is 3. The number of aromatic hydroxyl groups is 1. The Balaban J connectivity index is 1.84. The Morgan fingerprint density at radius 1 is 1.13 bits per heavy atom. The minimum Gasteiger partial charge on any atom is -0.505 e. The molecule has 2 heterocycles. The third-order valence-corrected chi connectivity index (χ3v) is 5.11. The van der Waals surface area contributed by atoms with Crippen LogP contribution in [0.15, 0.2) is 73.2 Å². The van der Waals surface area contributed by atoms with E-state index in [1.807, 2.05) is 0 Å². The molecule has 0 fully saturated rings. The van der Waals surface area contributed by atoms with E-state index in [1.54, 1.807) is 36.5 Å². The molecule has 4 aromatic rings. The lowest BCUT2D eigenvalue weighted by Crippen LogP contribution is -2.29. The Bertz CT molecular complexity index is 1280. The van der Waals surface area contributed by atoms with E-state index in [1.165, 1.54) is 36.7 Å². The van der Waals surface area contributed by atoms with E-state index < -0.39 is 16.9 Å². The van der Waals surface area contributed by atoms with Crippen molar-refractivity contribution in [1.82, 2.24) is 15.3 Å². The van der Waals surface area contributed by atoms with Gasteiger partial charge in [0.25, 0.3) is 11.6 Å². The highest BCUT2D eigenvalue weighted by atomic mass is 35.5. The highest BCUT2D eigenvalue weighted by Gasteiger charge is 2.24. The Labute approximate surface area is 181 Å². The zero-order valence-electron chi connectivity index (χ0n) is 15.9. The summed E-state index contributed by atoms with van der Waals surface area (Å²) in [7, 11) is 0. The predicted molar refractivity (Wildman–Crippen MR) is 115 cm³/mol. The number of phenols is 1. The number of pyridine rings is 2. The van der Waals surface area contributed by atoms with E-state index in [9.17, 15) is 20.0 Å². The molecule has 4 rings (SSSR count). The van der Waals surface area contributed by atoms with Gasteiger partial charge in [0.1, 0.15) is 11.3 Å². The molecule has 0 aliphatic rings. The molecule has 154 valence electrons. The lowest BCUT2D eigenvalue weighted by atomic mass is 9.95. The van der Waals surface area contributed by atoms with Gasteiger partial charge in [0.15, 0.2) is 0 Å². The minimum absolute atomic E-state index is 0.0940. The number of carbonyl (C=O) groups is 1. The largest absolute Gasteiger partial charge is 0.505 e. The third kappa shape index (κ3) is 4.01. The van der Waals surface area contributed by atoms with Crippen molar-refractivity contribution in [3.05, 3.63) is 105 Å². The number of non-ortho nitro benzene ring substituents is 1. The number of amides is 1. The average molecular weight is 435 g/mol. The minimum atomic E-state index is -0.850. The summed E-state index contributed by atoms with van der Waals surface area (Å²) >= 11 is 6.42. The number of hydrogen-bond acceptors (Lipinski definition) is 6. The first-order valence-corrected chi connectivity index (χ1v) is 9.55. The van der Waals surface area contributed by atoms with Crippen LogP contribution in [0.5, 0.6) is 5.75 Å². The fourth-order valence-electron chi connectivity index (χ4n) is 3.27. The van der Waals surface area contributed by atoms with Crippen molar-refractivity contribution >= 4 is 34.1 Å². The van der Waals surface area contributed by atoms with Crippen LogP contribution in [0, 0.1) is 10.1 Å². The first-order valence-electron chi connectivity index (χ1n) is 9.17. The SMILES string of the molecule is O=C(NC(c1ccc([N+](=O)[O-])cc1)c1cc(Cl)c2cccnc2c1O)c1cccnc1. The summed E-state index contributed by atoms with van der Waals surface area (Å²) in [4.78, 5) is 31.5. The molecule has 2 N–H and O–H groups in total. The standard InChI is InChI=1S/C22H15ClN4O4/c23-18-11-17(21(28)20-16(18)4-2-10-25-20)19(13-5-7-15(8-6-13)27(30)31)26-22(29)14-3-1-9-24-12-14/h1-12,19,28H,(H,26,29). The van der Waals surface area contributed by atoms with E-state index in [-0.39, 0.29) is 17.0 Å². The maximum atomic E-state index is 12.8. The first-order chi connectivity index (χ1) is 15.0. The number of rotatable bonds is 5. The second-order valence-electron chi connectivity index (χ2n) is 6.69. The number of benzene rings is 2. The second-order valence-corrected chi connectivity index (χ2v) is 7.10. The van der Waals surface area contributed by atoms with Crippen molar-refractivity contribution in [3.8, 4) is 5.75 Å². The summed E-state index contributed by atoms with van der Waals surface area (Å²) in [5.41, 5.74) is 1.33. The molecule has 0 saturated heterocycles. The van der Waals surface area contributed by atoms with Gasteiger partial charge in [-0.15, -0.1) is 0 Å². The van der Waals surface area contributed by atoms with Crippen LogP contribution in [-0.2, 0) is 0 Å². The topological polar surface area (TPSA) is 118 Å². The first kappa shape index (κ1) is 20.2. The monoisotopic (exact) mass is 434 g/mol. The van der Waals surface area contributed by atoms with E-state index in [0.717, 1.165) is 0 Å². The van der Waals surface area contributed by atoms with Gasteiger partial charge < -0.3 is 10.4 Å². The molecule has 1 amide bonds. The summed E-state index contributed by atoms with van der Waals surface area (Å²) in [6, 6.07) is 13.0. The second kappa shape index (κ2) is 8.37. The molecule has 1 unspecified atom stereocenters. The quantitative estimate of drug-likeness (QED) is 0.354. The van der Waals surface area contributed by atoms with E-state index in [4.69, 9.17) is 11.6 Å². The number of phenolic OH excluding ortho intramolecular Hbond substituents is 1. The van der Waals surface area contributed by atoms with Gasteiger partial charge >= 0.3 is 0 Å². The Morgan fingerprint density at radius 2 is 1.87 bits per heavy atom. The molecule has 0 radical (unpaired) electrons. The van der Waals surface area contributed by atoms with Crippen LogP contribution in [-0.4, -0.2) is 25.9 Å². The predicted octanol–water partition coefficient (Wildman–Crippen LogP) is 4.42. The molecule has 0 aliphatic heterocycles. The molecule has 9 heteroatoms. The summed E-state index contributed by atoms with van der Waals surface area (Å²) in [5, 5.41) is 25.7. The molecule has 0 bridgehead atoms. The number of halogens is 1. The van der Waals surface area contributed by atoms with Crippen molar-refractivity contribution in [3.63, 3.8) is 0 Å². The van der Waals surface area contributed by atoms with Gasteiger partial charge in [0.2, 0.25) is 0 Å². The number of nitrogens with one attached hydrogen (secondary N) is 1. The van der Waals surface area contributed by atoms with Crippen LogP contribution in [0.2, 0.25) is 5.02 Å². The van der Waals surface area contributed by atoms with E-state index in [0.29, 0.717) is 27.1 Å². The van der Waals surface area contributed by atoms with Crippen LogP contribution in [0.25, 0.3) is 10.9 Å². The third-order valence-electron chi connectivity index (χ3n) is 4.79. The van der Waals surface area contributed by atoms with E-state index in [2.05, 4.69) is 15.3 Å². The average Bonchev–Trinajstić information content (AvgIpc) is 2.80. The summed E-state index contributed by atoms with van der Waals surface area (Å²) in [5.74, 6) is -0.581. The maximum Gasteiger partial charge on any atom is 0.269 e. The molecule has 0 spiro atoms. The van der Waals surface area contributed by atoms with Gasteiger partial charge in [0.05, 0.1) is 21.6 Å². The van der Waals surface area contributed by atoms with Gasteiger partial charge in [0, 0.05) is 41.7 Å². The number of carbonyl (C=O) groups excluding carboxylic acids is 1. The van der Waals surface area contributed by atoms with Crippen LogP contribution < -0.4 is 5.32 Å². The van der Waals surface area contributed by atoms with Crippen molar-refractivity contribution < 1.29 is 14.8 Å². The lowest BCUT2D eigenvalue weighted by molar-refractivity contribution is -0.384. The molecule has 2 aromatic carbocycles. The summed E-state index contributed by atoms with van der Waals surface area (Å²) in [6.45, 7) is 0. The van der Waals surface area contributed by atoms with Crippen molar-refractivity contribution in [2.24, 2.45) is 0 Å². The number of fused-ring (bicyclic) bond motifs is 1. The summed E-state index contributed by atoms with van der Waals surface area (Å²) in [6.07, 6.45) is 4.49. The van der Waals surface area contributed by atoms with Gasteiger partial charge in [-0.05, 0) is 48.0 Å².